The number of hydrogen-bond acceptors (Lipinski definition) is 9. The monoisotopic (exact) mass is 393 g/mol. The van der Waals surface area contributed by atoms with Crippen molar-refractivity contribution in [2.45, 2.75) is 75.6 Å². The fourth-order valence-corrected chi connectivity index (χ4v) is 2.95. The minimum Gasteiger partial charge on any atom is -0.477 e. The van der Waals surface area contributed by atoms with Gasteiger partial charge in [0.2, 0.25) is 0 Å². The molecule has 1 saturated heterocycles. The van der Waals surface area contributed by atoms with Crippen LogP contribution < -0.4 is 5.32 Å². The molecule has 158 valence electrons. The summed E-state index contributed by atoms with van der Waals surface area (Å²) in [7, 11) is 1.08. The second-order valence-corrected chi connectivity index (χ2v) is 6.74. The summed E-state index contributed by atoms with van der Waals surface area (Å²) >= 11 is 0. The zero-order valence-corrected chi connectivity index (χ0v) is 15.8. The molecule has 1 heterocycles. The predicted octanol–water partition coefficient (Wildman–Crippen LogP) is -1.70. The van der Waals surface area contributed by atoms with Gasteiger partial charge in [0.15, 0.2) is 0 Å². The fourth-order valence-electron chi connectivity index (χ4n) is 2.95. The molecule has 7 N–H and O–H groups in total. The van der Waals surface area contributed by atoms with Crippen molar-refractivity contribution in [2.75, 3.05) is 13.7 Å². The Morgan fingerprint density at radius 2 is 2.04 bits per heavy atom. The predicted molar refractivity (Wildman–Crippen MR) is 93.6 cm³/mol. The molecular formula is C17H31NO9. The normalized spacial score (nSPS) is 32.7. The van der Waals surface area contributed by atoms with E-state index in [4.69, 9.17) is 14.6 Å². The van der Waals surface area contributed by atoms with Gasteiger partial charge in [0.1, 0.15) is 24.5 Å². The number of allylic oxidation sites excluding steroid dienone is 2. The largest absolute Gasteiger partial charge is 0.477 e. The number of carboxylic acid groups (broad SMARTS) is 1. The first kappa shape index (κ1) is 23.9. The molecule has 0 aromatic heterocycles. The summed E-state index contributed by atoms with van der Waals surface area (Å²) in [5, 5.41) is 61.9. The molecule has 27 heavy (non-hydrogen) atoms. The van der Waals surface area contributed by atoms with Crippen LogP contribution in [0, 0.1) is 0 Å². The van der Waals surface area contributed by atoms with E-state index in [1.807, 2.05) is 19.9 Å². The molecule has 1 rings (SSSR count). The van der Waals surface area contributed by atoms with E-state index < -0.39 is 61.5 Å². The van der Waals surface area contributed by atoms with Crippen molar-refractivity contribution in [3.8, 4) is 0 Å². The van der Waals surface area contributed by atoms with E-state index in [-0.39, 0.29) is 0 Å². The molecule has 0 radical (unpaired) electrons. The van der Waals surface area contributed by atoms with Crippen LogP contribution in [0.15, 0.2) is 11.6 Å². The Balaban J connectivity index is 3.03. The smallest absolute Gasteiger partial charge is 0.364 e. The van der Waals surface area contributed by atoms with Crippen LogP contribution in [0.2, 0.25) is 0 Å². The number of carboxylic acids is 1. The maximum atomic E-state index is 11.6. The van der Waals surface area contributed by atoms with Crippen LogP contribution in [0.3, 0.4) is 0 Å². The Hall–Kier alpha value is -1.11. The van der Waals surface area contributed by atoms with Crippen LogP contribution in [0.25, 0.3) is 0 Å². The molecule has 0 amide bonds. The summed E-state index contributed by atoms with van der Waals surface area (Å²) < 4.78 is 10.3. The molecule has 1 aliphatic heterocycles. The van der Waals surface area contributed by atoms with E-state index in [0.717, 1.165) is 12.7 Å². The second-order valence-electron chi connectivity index (χ2n) is 6.74. The van der Waals surface area contributed by atoms with Crippen molar-refractivity contribution in [1.82, 2.24) is 5.32 Å². The van der Waals surface area contributed by atoms with Crippen molar-refractivity contribution in [2.24, 2.45) is 0 Å². The van der Waals surface area contributed by atoms with Gasteiger partial charge in [-0.05, 0) is 26.7 Å². The van der Waals surface area contributed by atoms with E-state index in [9.17, 15) is 30.3 Å². The molecule has 0 bridgehead atoms. The highest BCUT2D eigenvalue weighted by Gasteiger charge is 2.55. The summed E-state index contributed by atoms with van der Waals surface area (Å²) in [5.41, 5.74) is 1.05. The molecule has 0 saturated carbocycles. The number of aliphatic hydroxyl groups excluding tert-OH is 5. The van der Waals surface area contributed by atoms with Gasteiger partial charge in [0.25, 0.3) is 5.79 Å². The molecule has 0 aromatic carbocycles. The van der Waals surface area contributed by atoms with Crippen LogP contribution in [-0.4, -0.2) is 92.8 Å². The SMILES string of the molecule is C/C=C(\C)CCC(O)N[C@H]1C([C@H](O)[C@H](O)CO)O[C@@](OC)(C(=O)O)C[C@@H]1O. The van der Waals surface area contributed by atoms with E-state index in [1.165, 1.54) is 0 Å². The molecule has 0 spiro atoms. The zero-order chi connectivity index (χ0) is 20.8. The number of carbonyl (C=O) groups is 1. The number of hydrogen-bond donors (Lipinski definition) is 7. The first-order valence-electron chi connectivity index (χ1n) is 8.79. The summed E-state index contributed by atoms with van der Waals surface area (Å²) in [6.45, 7) is 2.96. The molecule has 0 aromatic rings. The van der Waals surface area contributed by atoms with E-state index in [2.05, 4.69) is 5.32 Å². The van der Waals surface area contributed by atoms with Gasteiger partial charge in [-0.3, -0.25) is 5.32 Å². The first-order chi connectivity index (χ1) is 12.6. The highest BCUT2D eigenvalue weighted by molar-refractivity contribution is 5.76. The molecule has 1 fully saturated rings. The third-order valence-electron chi connectivity index (χ3n) is 4.84. The third-order valence-corrected chi connectivity index (χ3v) is 4.84. The topological polar surface area (TPSA) is 169 Å². The van der Waals surface area contributed by atoms with Crippen LogP contribution in [0.5, 0.6) is 0 Å². The second kappa shape index (κ2) is 10.4. The minimum absolute atomic E-state index is 0.305. The third kappa shape index (κ3) is 5.93. The van der Waals surface area contributed by atoms with Gasteiger partial charge in [0, 0.05) is 13.5 Å². The van der Waals surface area contributed by atoms with Crippen molar-refractivity contribution >= 4 is 5.97 Å². The van der Waals surface area contributed by atoms with E-state index in [0.29, 0.717) is 12.8 Å². The molecule has 10 nitrogen and oxygen atoms in total. The molecule has 0 aliphatic carbocycles. The van der Waals surface area contributed by atoms with Crippen molar-refractivity contribution in [1.29, 1.82) is 0 Å². The minimum atomic E-state index is -2.23. The Kier molecular flexibility index (Phi) is 9.25. The standard InChI is InChI=1S/C17H31NO9/c1-4-9(2)5-6-12(22)18-13-10(20)7-17(26-3,16(24)25)27-15(13)14(23)11(21)8-19/h4,10-15,18-23H,5-8H2,1-3H3,(H,24,25)/b9-4+/t10-,11+,12?,13+,14+,15?,17+/m0/s1. The summed E-state index contributed by atoms with van der Waals surface area (Å²) in [6.07, 6.45) is -4.98. The number of ether oxygens (including phenoxy) is 2. The Bertz CT molecular complexity index is 515. The van der Waals surface area contributed by atoms with Crippen molar-refractivity contribution in [3.05, 3.63) is 11.6 Å². The molecule has 7 atom stereocenters. The van der Waals surface area contributed by atoms with Gasteiger partial charge < -0.3 is 40.1 Å². The van der Waals surface area contributed by atoms with Crippen LogP contribution >= 0.6 is 0 Å². The number of aliphatic carboxylic acids is 1. The van der Waals surface area contributed by atoms with Gasteiger partial charge in [0.05, 0.1) is 18.8 Å². The zero-order valence-electron chi connectivity index (χ0n) is 15.8. The maximum absolute atomic E-state index is 11.6. The lowest BCUT2D eigenvalue weighted by atomic mass is 9.88. The van der Waals surface area contributed by atoms with E-state index in [1.54, 1.807) is 0 Å². The maximum Gasteiger partial charge on any atom is 0.364 e. The van der Waals surface area contributed by atoms with Crippen LogP contribution in [0.4, 0.5) is 0 Å². The average molecular weight is 393 g/mol. The number of aliphatic hydroxyl groups is 5. The summed E-state index contributed by atoms with van der Waals surface area (Å²) in [4.78, 5) is 11.6. The van der Waals surface area contributed by atoms with Gasteiger partial charge in [-0.1, -0.05) is 11.6 Å². The lowest BCUT2D eigenvalue weighted by Gasteiger charge is -2.46. The average Bonchev–Trinajstić information content (AvgIpc) is 2.65. The first-order valence-corrected chi connectivity index (χ1v) is 8.79. The summed E-state index contributed by atoms with van der Waals surface area (Å²) in [6, 6.07) is -1.11. The number of nitrogens with one attached hydrogen (secondary N) is 1. The highest BCUT2D eigenvalue weighted by Crippen LogP contribution is 2.33. The fraction of sp³-hybridized carbons (Fsp3) is 0.824. The number of methoxy groups -OCH3 is 1. The quantitative estimate of drug-likeness (QED) is 0.168. The number of rotatable bonds is 10. The summed E-state index contributed by atoms with van der Waals surface area (Å²) in [5.74, 6) is -3.74. The lowest BCUT2D eigenvalue weighted by molar-refractivity contribution is -0.306. The molecule has 1 aliphatic rings. The van der Waals surface area contributed by atoms with Crippen molar-refractivity contribution < 1.29 is 44.9 Å². The van der Waals surface area contributed by atoms with Crippen LogP contribution in [0.1, 0.15) is 33.1 Å². The highest BCUT2D eigenvalue weighted by atomic mass is 16.7. The Morgan fingerprint density at radius 3 is 2.52 bits per heavy atom. The van der Waals surface area contributed by atoms with Crippen LogP contribution in [-0.2, 0) is 14.3 Å². The Morgan fingerprint density at radius 1 is 1.41 bits per heavy atom. The Labute approximate surface area is 158 Å². The van der Waals surface area contributed by atoms with E-state index >= 15 is 0 Å². The lowest BCUT2D eigenvalue weighted by Crippen LogP contribution is -2.68. The van der Waals surface area contributed by atoms with Gasteiger partial charge in [-0.25, -0.2) is 4.79 Å². The van der Waals surface area contributed by atoms with Gasteiger partial charge in [-0.2, -0.15) is 0 Å². The molecule has 10 heteroatoms. The molecular weight excluding hydrogens is 362 g/mol. The van der Waals surface area contributed by atoms with Gasteiger partial charge >= 0.3 is 5.97 Å². The molecule has 2 unspecified atom stereocenters. The van der Waals surface area contributed by atoms with Gasteiger partial charge in [-0.15, -0.1) is 0 Å². The van der Waals surface area contributed by atoms with Crippen molar-refractivity contribution in [3.63, 3.8) is 0 Å².